The molecule has 0 saturated carbocycles. The first kappa shape index (κ1) is 24.0. The van der Waals surface area contributed by atoms with Crippen LogP contribution in [0.3, 0.4) is 0 Å². The van der Waals surface area contributed by atoms with Gasteiger partial charge in [-0.05, 0) is 74.9 Å². The fourth-order valence-corrected chi connectivity index (χ4v) is 4.42. The monoisotopic (exact) mass is 465 g/mol. The number of nitrogens with zero attached hydrogens (tertiary/aromatic N) is 2. The van der Waals surface area contributed by atoms with Crippen molar-refractivity contribution in [2.75, 3.05) is 10.8 Å². The summed E-state index contributed by atoms with van der Waals surface area (Å²) in [5.74, 6) is 0.177. The third-order valence-corrected chi connectivity index (χ3v) is 6.38. The molecule has 0 spiro atoms. The number of aryl methyl sites for hydroxylation is 1. The average molecular weight is 466 g/mol. The van der Waals surface area contributed by atoms with Crippen LogP contribution in [0.25, 0.3) is 0 Å². The highest BCUT2D eigenvalue weighted by Crippen LogP contribution is 2.23. The zero-order valence-corrected chi connectivity index (χ0v) is 19.6. The molecule has 8 heteroatoms. The van der Waals surface area contributed by atoms with Gasteiger partial charge in [0.2, 0.25) is 0 Å². The number of carbonyl (C=O) groups excluding carboxylic acids is 1. The second-order valence-electron chi connectivity index (χ2n) is 7.69. The van der Waals surface area contributed by atoms with E-state index in [-0.39, 0.29) is 11.0 Å². The van der Waals surface area contributed by atoms with Crippen LogP contribution in [-0.4, -0.2) is 33.2 Å². The fourth-order valence-electron chi connectivity index (χ4n) is 3.00. The van der Waals surface area contributed by atoms with E-state index in [0.29, 0.717) is 5.69 Å². The number of ether oxygens (including phenoxy) is 1. The summed E-state index contributed by atoms with van der Waals surface area (Å²) in [6.07, 6.45) is 1.56. The SMILES string of the molecule is Cc1ccc(S(=O)(=O)N(CC(=O)N/N=C\c2ccc(OC(C)C)cc2)c2ccccc2)cc1. The van der Waals surface area contributed by atoms with Crippen LogP contribution in [0, 0.1) is 6.92 Å². The third-order valence-electron chi connectivity index (χ3n) is 4.60. The van der Waals surface area contributed by atoms with Crippen molar-refractivity contribution in [1.29, 1.82) is 0 Å². The molecule has 172 valence electrons. The van der Waals surface area contributed by atoms with E-state index in [0.717, 1.165) is 21.2 Å². The molecule has 1 amide bonds. The first-order valence-corrected chi connectivity index (χ1v) is 11.9. The Morgan fingerprint density at radius 1 is 1.00 bits per heavy atom. The first-order valence-electron chi connectivity index (χ1n) is 10.5. The van der Waals surface area contributed by atoms with E-state index < -0.39 is 22.5 Å². The molecule has 0 fully saturated rings. The predicted molar refractivity (Wildman–Crippen MR) is 130 cm³/mol. The van der Waals surface area contributed by atoms with Crippen molar-refractivity contribution in [3.8, 4) is 5.75 Å². The molecule has 0 aliphatic rings. The number of hydrogen-bond acceptors (Lipinski definition) is 5. The lowest BCUT2D eigenvalue weighted by Gasteiger charge is -2.23. The van der Waals surface area contributed by atoms with Crippen molar-refractivity contribution >= 4 is 27.8 Å². The number of sulfonamides is 1. The average Bonchev–Trinajstić information content (AvgIpc) is 2.79. The maximum Gasteiger partial charge on any atom is 0.264 e. The Morgan fingerprint density at radius 3 is 2.24 bits per heavy atom. The number of anilines is 1. The Labute approximate surface area is 194 Å². The highest BCUT2D eigenvalue weighted by molar-refractivity contribution is 7.92. The van der Waals surface area contributed by atoms with Gasteiger partial charge in [0.15, 0.2) is 0 Å². The van der Waals surface area contributed by atoms with Gasteiger partial charge in [0.05, 0.1) is 22.9 Å². The smallest absolute Gasteiger partial charge is 0.264 e. The number of hydrazone groups is 1. The Kier molecular flexibility index (Phi) is 7.84. The maximum atomic E-state index is 13.3. The summed E-state index contributed by atoms with van der Waals surface area (Å²) in [6, 6.07) is 22.3. The molecule has 3 aromatic rings. The molecule has 3 aromatic carbocycles. The van der Waals surface area contributed by atoms with Crippen molar-refractivity contribution in [2.24, 2.45) is 5.10 Å². The van der Waals surface area contributed by atoms with Crippen molar-refractivity contribution in [3.05, 3.63) is 90.0 Å². The lowest BCUT2D eigenvalue weighted by atomic mass is 10.2. The minimum atomic E-state index is -3.95. The zero-order valence-electron chi connectivity index (χ0n) is 18.8. The van der Waals surface area contributed by atoms with Crippen LogP contribution >= 0.6 is 0 Å². The minimum Gasteiger partial charge on any atom is -0.491 e. The Hall–Kier alpha value is -3.65. The van der Waals surface area contributed by atoms with Crippen LogP contribution in [0.1, 0.15) is 25.0 Å². The van der Waals surface area contributed by atoms with Crippen LogP contribution in [0.15, 0.2) is 88.9 Å². The standard InChI is InChI=1S/C25H27N3O4S/c1-19(2)32-23-13-11-21(12-14-23)17-26-27-25(29)18-28(22-7-5-4-6-8-22)33(30,31)24-15-9-20(3)10-16-24/h4-17,19H,18H2,1-3H3,(H,27,29)/b26-17-. The second kappa shape index (κ2) is 10.8. The van der Waals surface area contributed by atoms with Crippen LogP contribution in [-0.2, 0) is 14.8 Å². The van der Waals surface area contributed by atoms with Crippen LogP contribution in [0.2, 0.25) is 0 Å². The van der Waals surface area contributed by atoms with E-state index in [2.05, 4.69) is 10.5 Å². The Morgan fingerprint density at radius 2 is 1.64 bits per heavy atom. The second-order valence-corrected chi connectivity index (χ2v) is 9.55. The molecule has 1 N–H and O–H groups in total. The number of para-hydroxylation sites is 1. The van der Waals surface area contributed by atoms with Crippen molar-refractivity contribution in [3.63, 3.8) is 0 Å². The maximum absolute atomic E-state index is 13.3. The molecule has 3 rings (SSSR count). The van der Waals surface area contributed by atoms with Crippen molar-refractivity contribution < 1.29 is 17.9 Å². The zero-order chi connectivity index (χ0) is 23.8. The third kappa shape index (κ3) is 6.66. The normalized spacial score (nSPS) is 11.5. The molecular weight excluding hydrogens is 438 g/mol. The first-order chi connectivity index (χ1) is 15.8. The highest BCUT2D eigenvalue weighted by atomic mass is 32.2. The lowest BCUT2D eigenvalue weighted by Crippen LogP contribution is -2.39. The van der Waals surface area contributed by atoms with Gasteiger partial charge in [-0.2, -0.15) is 5.10 Å². The molecule has 0 atom stereocenters. The number of nitrogens with one attached hydrogen (secondary N) is 1. The molecule has 0 radical (unpaired) electrons. The minimum absolute atomic E-state index is 0.0764. The molecule has 0 saturated heterocycles. The summed E-state index contributed by atoms with van der Waals surface area (Å²) in [4.78, 5) is 12.7. The summed E-state index contributed by atoms with van der Waals surface area (Å²) >= 11 is 0. The molecule has 7 nitrogen and oxygen atoms in total. The number of benzene rings is 3. The number of hydrogen-bond donors (Lipinski definition) is 1. The van der Waals surface area contributed by atoms with Gasteiger partial charge < -0.3 is 4.74 Å². The van der Waals surface area contributed by atoms with Gasteiger partial charge in [0, 0.05) is 0 Å². The van der Waals surface area contributed by atoms with E-state index >= 15 is 0 Å². The fraction of sp³-hybridized carbons (Fsp3) is 0.200. The molecule has 0 aliphatic carbocycles. The number of carbonyl (C=O) groups is 1. The van der Waals surface area contributed by atoms with E-state index in [1.807, 2.05) is 45.0 Å². The number of amides is 1. The largest absolute Gasteiger partial charge is 0.491 e. The molecule has 0 heterocycles. The molecular formula is C25H27N3O4S. The van der Waals surface area contributed by atoms with Gasteiger partial charge in [-0.25, -0.2) is 13.8 Å². The lowest BCUT2D eigenvalue weighted by molar-refractivity contribution is -0.119. The van der Waals surface area contributed by atoms with Gasteiger partial charge in [-0.1, -0.05) is 35.9 Å². The van der Waals surface area contributed by atoms with Gasteiger partial charge in [-0.3, -0.25) is 9.10 Å². The molecule has 0 aliphatic heterocycles. The van der Waals surface area contributed by atoms with Crippen molar-refractivity contribution in [1.82, 2.24) is 5.43 Å². The van der Waals surface area contributed by atoms with E-state index in [4.69, 9.17) is 4.74 Å². The van der Waals surface area contributed by atoms with Crippen LogP contribution in [0.5, 0.6) is 5.75 Å². The van der Waals surface area contributed by atoms with E-state index in [1.54, 1.807) is 42.5 Å². The van der Waals surface area contributed by atoms with Gasteiger partial charge in [0.1, 0.15) is 12.3 Å². The van der Waals surface area contributed by atoms with Crippen molar-refractivity contribution in [2.45, 2.75) is 31.8 Å². The van der Waals surface area contributed by atoms with E-state index in [9.17, 15) is 13.2 Å². The topological polar surface area (TPSA) is 88.1 Å². The summed E-state index contributed by atoms with van der Waals surface area (Å²) in [5.41, 5.74) is 4.49. The van der Waals surface area contributed by atoms with Gasteiger partial charge >= 0.3 is 0 Å². The molecule has 0 bridgehead atoms. The Balaban J connectivity index is 1.73. The van der Waals surface area contributed by atoms with Gasteiger partial charge in [-0.15, -0.1) is 0 Å². The van der Waals surface area contributed by atoms with Crippen LogP contribution in [0.4, 0.5) is 5.69 Å². The predicted octanol–water partition coefficient (Wildman–Crippen LogP) is 4.13. The van der Waals surface area contributed by atoms with Crippen LogP contribution < -0.4 is 14.5 Å². The van der Waals surface area contributed by atoms with E-state index in [1.165, 1.54) is 18.3 Å². The highest BCUT2D eigenvalue weighted by Gasteiger charge is 2.27. The summed E-state index contributed by atoms with van der Waals surface area (Å²) in [5, 5.41) is 3.96. The summed E-state index contributed by atoms with van der Waals surface area (Å²) in [7, 11) is -3.95. The Bertz CT molecular complexity index is 1190. The summed E-state index contributed by atoms with van der Waals surface area (Å²) in [6.45, 7) is 5.35. The molecule has 33 heavy (non-hydrogen) atoms. The number of rotatable bonds is 9. The molecule has 0 unspecified atom stereocenters. The summed E-state index contributed by atoms with van der Waals surface area (Å²) < 4.78 is 33.2. The molecule has 0 aromatic heterocycles. The van der Waals surface area contributed by atoms with Gasteiger partial charge in [0.25, 0.3) is 15.9 Å². The quantitative estimate of drug-likeness (QED) is 0.380.